The number of carbonyl (C=O) groups excluding carboxylic acids is 2. The molecular formula is C22H21N5O6. The molecule has 3 aromatic rings. The molecule has 0 aliphatic carbocycles. The molecule has 0 radical (unpaired) electrons. The van der Waals surface area contributed by atoms with E-state index >= 15 is 0 Å². The van der Waals surface area contributed by atoms with Gasteiger partial charge < -0.3 is 9.47 Å². The molecule has 0 saturated heterocycles. The Labute approximate surface area is 188 Å². The number of para-hydroxylation sites is 1. The van der Waals surface area contributed by atoms with Crippen molar-refractivity contribution in [1.82, 2.24) is 15.2 Å². The Morgan fingerprint density at radius 2 is 1.88 bits per heavy atom. The number of nitrogens with one attached hydrogen (secondary N) is 1. The molecule has 0 aliphatic heterocycles. The maximum atomic E-state index is 12.3. The number of hydrogen-bond donors (Lipinski definition) is 1. The number of amides is 1. The molecule has 33 heavy (non-hydrogen) atoms. The van der Waals surface area contributed by atoms with E-state index < -0.39 is 16.8 Å². The minimum absolute atomic E-state index is 0.113. The molecular weight excluding hydrogens is 430 g/mol. The largest absolute Gasteiger partial charge is 0.496 e. The van der Waals surface area contributed by atoms with E-state index in [1.54, 1.807) is 48.5 Å². The van der Waals surface area contributed by atoms with E-state index in [0.29, 0.717) is 22.6 Å². The third-order valence-electron chi connectivity index (χ3n) is 4.64. The molecule has 3 rings (SSSR count). The molecule has 1 aromatic heterocycles. The van der Waals surface area contributed by atoms with Crippen LogP contribution in [-0.2, 0) is 11.3 Å². The van der Waals surface area contributed by atoms with Gasteiger partial charge in [-0.1, -0.05) is 12.1 Å². The number of nitrogens with zero attached hydrogens (tertiary/aromatic N) is 4. The van der Waals surface area contributed by atoms with Crippen LogP contribution < -0.4 is 14.9 Å². The number of nitro groups is 1. The fourth-order valence-corrected chi connectivity index (χ4v) is 3.05. The maximum absolute atomic E-state index is 12.3. The summed E-state index contributed by atoms with van der Waals surface area (Å²) in [6.07, 6.45) is 1.41. The van der Waals surface area contributed by atoms with Gasteiger partial charge in [-0.05, 0) is 55.8 Å². The Kier molecular flexibility index (Phi) is 7.13. The van der Waals surface area contributed by atoms with Crippen molar-refractivity contribution in [3.8, 4) is 11.5 Å². The van der Waals surface area contributed by atoms with Gasteiger partial charge in [0.05, 0.1) is 18.2 Å². The van der Waals surface area contributed by atoms with Crippen LogP contribution in [0, 0.1) is 24.0 Å². The molecule has 11 nitrogen and oxygen atoms in total. The van der Waals surface area contributed by atoms with E-state index in [0.717, 1.165) is 0 Å². The van der Waals surface area contributed by atoms with Crippen molar-refractivity contribution in [2.45, 2.75) is 20.4 Å². The van der Waals surface area contributed by atoms with Gasteiger partial charge in [-0.15, -0.1) is 0 Å². The second-order valence-electron chi connectivity index (χ2n) is 6.89. The smallest absolute Gasteiger partial charge is 0.347 e. The standard InChI is InChI=1S/C22H21N5O6/c1-14-21(27(30)31)15(2)26(25-14)13-20(28)24-23-12-16-8-10-17(11-9-16)33-22(29)18-6-4-5-7-19(18)32-3/h4-12H,13H2,1-3H3,(H,24,28). The lowest BCUT2D eigenvalue weighted by Crippen LogP contribution is -2.24. The molecule has 1 heterocycles. The van der Waals surface area contributed by atoms with Crippen molar-refractivity contribution >= 4 is 23.8 Å². The highest BCUT2D eigenvalue weighted by Crippen LogP contribution is 2.22. The molecule has 0 atom stereocenters. The second-order valence-corrected chi connectivity index (χ2v) is 6.89. The van der Waals surface area contributed by atoms with Gasteiger partial charge in [0.2, 0.25) is 0 Å². The predicted molar refractivity (Wildman–Crippen MR) is 118 cm³/mol. The van der Waals surface area contributed by atoms with Crippen LogP contribution in [0.5, 0.6) is 11.5 Å². The zero-order chi connectivity index (χ0) is 24.0. The molecule has 11 heteroatoms. The number of aromatic nitrogens is 2. The number of esters is 1. The summed E-state index contributed by atoms with van der Waals surface area (Å²) in [6.45, 7) is 2.82. The van der Waals surface area contributed by atoms with Crippen LogP contribution in [0.1, 0.15) is 27.3 Å². The van der Waals surface area contributed by atoms with Crippen LogP contribution in [-0.4, -0.2) is 39.9 Å². The number of methoxy groups -OCH3 is 1. The van der Waals surface area contributed by atoms with Gasteiger partial charge in [0.25, 0.3) is 5.91 Å². The first-order valence-electron chi connectivity index (χ1n) is 9.75. The number of aryl methyl sites for hydroxylation is 1. The highest BCUT2D eigenvalue weighted by molar-refractivity contribution is 5.94. The summed E-state index contributed by atoms with van der Waals surface area (Å²) in [5.74, 6) is -0.296. The van der Waals surface area contributed by atoms with Crippen LogP contribution in [0.2, 0.25) is 0 Å². The first-order valence-corrected chi connectivity index (χ1v) is 9.75. The average molecular weight is 451 g/mol. The van der Waals surface area contributed by atoms with Crippen molar-refractivity contribution in [3.05, 3.63) is 81.2 Å². The summed E-state index contributed by atoms with van der Waals surface area (Å²) >= 11 is 0. The maximum Gasteiger partial charge on any atom is 0.347 e. The zero-order valence-corrected chi connectivity index (χ0v) is 18.1. The van der Waals surface area contributed by atoms with Gasteiger partial charge in [0.15, 0.2) is 0 Å². The fraction of sp³-hybridized carbons (Fsp3) is 0.182. The van der Waals surface area contributed by atoms with E-state index in [-0.39, 0.29) is 23.6 Å². The van der Waals surface area contributed by atoms with Crippen LogP contribution in [0.15, 0.2) is 53.6 Å². The predicted octanol–water partition coefficient (Wildman–Crippen LogP) is 2.79. The van der Waals surface area contributed by atoms with E-state index in [2.05, 4.69) is 15.6 Å². The first kappa shape index (κ1) is 23.1. The zero-order valence-electron chi connectivity index (χ0n) is 18.1. The van der Waals surface area contributed by atoms with Crippen molar-refractivity contribution in [2.75, 3.05) is 7.11 Å². The Bertz CT molecular complexity index is 1220. The Balaban J connectivity index is 1.56. The molecule has 0 fully saturated rings. The van der Waals surface area contributed by atoms with Gasteiger partial charge in [0, 0.05) is 0 Å². The molecule has 0 saturated carbocycles. The topological polar surface area (TPSA) is 138 Å². The molecule has 1 amide bonds. The second kappa shape index (κ2) is 10.2. The van der Waals surface area contributed by atoms with Gasteiger partial charge in [-0.2, -0.15) is 10.2 Å². The number of ether oxygens (including phenoxy) is 2. The molecule has 2 aromatic carbocycles. The number of hydrazone groups is 1. The minimum atomic E-state index is -0.550. The lowest BCUT2D eigenvalue weighted by atomic mass is 10.2. The summed E-state index contributed by atoms with van der Waals surface area (Å²) in [7, 11) is 1.47. The lowest BCUT2D eigenvalue weighted by molar-refractivity contribution is -0.386. The van der Waals surface area contributed by atoms with E-state index in [9.17, 15) is 19.7 Å². The SMILES string of the molecule is COc1ccccc1C(=O)Oc1ccc(C=NNC(=O)Cn2nc(C)c([N+](=O)[O-])c2C)cc1. The van der Waals surface area contributed by atoms with Crippen LogP contribution >= 0.6 is 0 Å². The summed E-state index contributed by atoms with van der Waals surface area (Å²) in [4.78, 5) is 34.9. The van der Waals surface area contributed by atoms with Gasteiger partial charge in [-0.25, -0.2) is 10.2 Å². The Morgan fingerprint density at radius 3 is 2.52 bits per heavy atom. The van der Waals surface area contributed by atoms with Crippen LogP contribution in [0.3, 0.4) is 0 Å². The molecule has 170 valence electrons. The van der Waals surface area contributed by atoms with Crippen molar-refractivity contribution in [2.24, 2.45) is 5.10 Å². The Morgan fingerprint density at radius 1 is 1.18 bits per heavy atom. The highest BCUT2D eigenvalue weighted by atomic mass is 16.6. The monoisotopic (exact) mass is 451 g/mol. The van der Waals surface area contributed by atoms with Gasteiger partial charge in [0.1, 0.15) is 35.0 Å². The van der Waals surface area contributed by atoms with Gasteiger partial charge in [-0.3, -0.25) is 19.6 Å². The summed E-state index contributed by atoms with van der Waals surface area (Å²) < 4.78 is 11.8. The van der Waals surface area contributed by atoms with E-state index in [4.69, 9.17) is 9.47 Å². The van der Waals surface area contributed by atoms with Crippen LogP contribution in [0.25, 0.3) is 0 Å². The molecule has 1 N–H and O–H groups in total. The Hall–Kier alpha value is -4.54. The van der Waals surface area contributed by atoms with Crippen molar-refractivity contribution in [1.29, 1.82) is 0 Å². The third kappa shape index (κ3) is 5.58. The van der Waals surface area contributed by atoms with Crippen LogP contribution in [0.4, 0.5) is 5.69 Å². The lowest BCUT2D eigenvalue weighted by Gasteiger charge is -2.08. The third-order valence-corrected chi connectivity index (χ3v) is 4.64. The summed E-state index contributed by atoms with van der Waals surface area (Å²) in [6, 6.07) is 13.2. The molecule has 0 spiro atoms. The number of carbonyl (C=O) groups is 2. The van der Waals surface area contributed by atoms with Gasteiger partial charge >= 0.3 is 11.7 Å². The first-order chi connectivity index (χ1) is 15.8. The number of rotatable bonds is 8. The normalized spacial score (nSPS) is 10.8. The highest BCUT2D eigenvalue weighted by Gasteiger charge is 2.22. The van der Waals surface area contributed by atoms with E-state index in [1.165, 1.54) is 31.9 Å². The fourth-order valence-electron chi connectivity index (χ4n) is 3.05. The average Bonchev–Trinajstić information content (AvgIpc) is 3.07. The number of hydrogen-bond acceptors (Lipinski definition) is 8. The molecule has 0 bridgehead atoms. The van der Waals surface area contributed by atoms with Crippen molar-refractivity contribution in [3.63, 3.8) is 0 Å². The minimum Gasteiger partial charge on any atom is -0.496 e. The quantitative estimate of drug-likeness (QED) is 0.183. The van der Waals surface area contributed by atoms with Crippen molar-refractivity contribution < 1.29 is 24.0 Å². The molecule has 0 aliphatic rings. The van der Waals surface area contributed by atoms with E-state index in [1.807, 2.05) is 0 Å². The number of benzene rings is 2. The summed E-state index contributed by atoms with van der Waals surface area (Å²) in [5.41, 5.74) is 3.71. The summed E-state index contributed by atoms with van der Waals surface area (Å²) in [5, 5.41) is 18.9. The molecule has 0 unspecified atom stereocenters.